The number of aryl methyl sites for hydroxylation is 1. The number of hydrogen-bond donors (Lipinski definition) is 0. The molecule has 0 saturated heterocycles. The van der Waals surface area contributed by atoms with Crippen molar-refractivity contribution < 1.29 is 4.74 Å². The molecule has 0 aromatic heterocycles. The molecule has 1 nitrogen and oxygen atoms in total. The van der Waals surface area contributed by atoms with Gasteiger partial charge in [0, 0.05) is 0 Å². The van der Waals surface area contributed by atoms with Crippen LogP contribution < -0.4 is 4.74 Å². The van der Waals surface area contributed by atoms with Gasteiger partial charge in [-0.1, -0.05) is 31.0 Å². The van der Waals surface area contributed by atoms with Crippen LogP contribution >= 0.6 is 9.24 Å². The molecule has 2 atom stereocenters. The average molecular weight is 238 g/mol. The van der Waals surface area contributed by atoms with Gasteiger partial charge in [0.1, 0.15) is 5.75 Å². The van der Waals surface area contributed by atoms with E-state index in [9.17, 15) is 0 Å². The van der Waals surface area contributed by atoms with E-state index in [0.717, 1.165) is 24.7 Å². The van der Waals surface area contributed by atoms with E-state index in [4.69, 9.17) is 4.74 Å². The maximum Gasteiger partial charge on any atom is 0.119 e. The number of benzene rings is 1. The first-order valence-electron chi connectivity index (χ1n) is 6.12. The minimum absolute atomic E-state index is 0.769. The van der Waals surface area contributed by atoms with Crippen molar-refractivity contribution in [1.82, 2.24) is 0 Å². The Morgan fingerprint density at radius 3 is 2.50 bits per heavy atom. The zero-order valence-corrected chi connectivity index (χ0v) is 11.6. The van der Waals surface area contributed by atoms with Gasteiger partial charge in [-0.25, -0.2) is 0 Å². The van der Waals surface area contributed by atoms with E-state index in [-0.39, 0.29) is 0 Å². The van der Waals surface area contributed by atoms with Crippen LogP contribution in [0.3, 0.4) is 0 Å². The summed E-state index contributed by atoms with van der Waals surface area (Å²) in [5, 5.41) is 0. The number of hydrogen-bond acceptors (Lipinski definition) is 1. The molecule has 0 bridgehead atoms. The summed E-state index contributed by atoms with van der Waals surface area (Å²) in [4.78, 5) is 0. The van der Waals surface area contributed by atoms with Gasteiger partial charge in [0.25, 0.3) is 0 Å². The molecule has 0 aliphatic carbocycles. The molecule has 0 fully saturated rings. The molecule has 0 saturated carbocycles. The second kappa shape index (κ2) is 7.68. The first-order valence-corrected chi connectivity index (χ1v) is 6.93. The average Bonchev–Trinajstić information content (AvgIpc) is 2.29. The zero-order chi connectivity index (χ0) is 11.8. The Morgan fingerprint density at radius 1 is 1.19 bits per heavy atom. The summed E-state index contributed by atoms with van der Waals surface area (Å²) in [7, 11) is 2.78. The molecule has 2 heteroatoms. The molecule has 2 unspecified atom stereocenters. The van der Waals surface area contributed by atoms with Gasteiger partial charge in [-0.15, -0.1) is 9.24 Å². The Balaban J connectivity index is 2.17. The third-order valence-electron chi connectivity index (χ3n) is 2.80. The predicted molar refractivity (Wildman–Crippen MR) is 74.3 cm³/mol. The van der Waals surface area contributed by atoms with Crippen LogP contribution in [0.4, 0.5) is 0 Å². The van der Waals surface area contributed by atoms with E-state index in [1.165, 1.54) is 24.6 Å². The highest BCUT2D eigenvalue weighted by Gasteiger charge is 2.01. The lowest BCUT2D eigenvalue weighted by atomic mass is 10.0. The standard InChI is InChI=1S/C14H23OP/c1-12(4-3-11-16)9-10-15-14-7-5-13(2)6-8-14/h5-8,12H,3-4,9-11,16H2,1-2H3. The van der Waals surface area contributed by atoms with Gasteiger partial charge < -0.3 is 4.74 Å². The fourth-order valence-electron chi connectivity index (χ4n) is 1.62. The van der Waals surface area contributed by atoms with Crippen molar-refractivity contribution in [3.05, 3.63) is 29.8 Å². The fraction of sp³-hybridized carbons (Fsp3) is 0.571. The summed E-state index contributed by atoms with van der Waals surface area (Å²) in [6.07, 6.45) is 4.97. The lowest BCUT2D eigenvalue weighted by molar-refractivity contribution is 0.279. The van der Waals surface area contributed by atoms with Crippen LogP contribution in [-0.4, -0.2) is 12.8 Å². The molecule has 0 aliphatic heterocycles. The molecular formula is C14H23OP. The fourth-order valence-corrected chi connectivity index (χ4v) is 1.86. The minimum atomic E-state index is 0.769. The normalized spacial score (nSPS) is 12.4. The second-order valence-corrected chi connectivity index (χ2v) is 5.06. The van der Waals surface area contributed by atoms with Crippen LogP contribution in [0.1, 0.15) is 31.7 Å². The monoisotopic (exact) mass is 238 g/mol. The molecular weight excluding hydrogens is 215 g/mol. The van der Waals surface area contributed by atoms with Gasteiger partial charge in [0.15, 0.2) is 0 Å². The first-order chi connectivity index (χ1) is 7.72. The maximum atomic E-state index is 5.71. The molecule has 0 aliphatic rings. The van der Waals surface area contributed by atoms with E-state index in [0.29, 0.717) is 0 Å². The first kappa shape index (κ1) is 13.5. The van der Waals surface area contributed by atoms with Crippen molar-refractivity contribution in [3.63, 3.8) is 0 Å². The SMILES string of the molecule is Cc1ccc(OCCC(C)CCCP)cc1. The lowest BCUT2D eigenvalue weighted by Gasteiger charge is -2.11. The highest BCUT2D eigenvalue weighted by atomic mass is 31.0. The van der Waals surface area contributed by atoms with Gasteiger partial charge in [-0.05, 0) is 44.0 Å². The molecule has 1 rings (SSSR count). The van der Waals surface area contributed by atoms with Crippen molar-refractivity contribution in [3.8, 4) is 5.75 Å². The third kappa shape index (κ3) is 5.51. The van der Waals surface area contributed by atoms with Gasteiger partial charge in [-0.3, -0.25) is 0 Å². The summed E-state index contributed by atoms with van der Waals surface area (Å²) >= 11 is 0. The second-order valence-electron chi connectivity index (χ2n) is 4.49. The molecule has 0 heterocycles. The van der Waals surface area contributed by atoms with Crippen molar-refractivity contribution in [2.75, 3.05) is 12.8 Å². The van der Waals surface area contributed by atoms with Crippen LogP contribution in [0, 0.1) is 12.8 Å². The quantitative estimate of drug-likeness (QED) is 0.651. The zero-order valence-electron chi connectivity index (χ0n) is 10.4. The van der Waals surface area contributed by atoms with Crippen molar-refractivity contribution >= 4 is 9.24 Å². The summed E-state index contributed by atoms with van der Waals surface area (Å²) in [6, 6.07) is 8.27. The molecule has 90 valence electrons. The lowest BCUT2D eigenvalue weighted by Crippen LogP contribution is -2.04. The maximum absolute atomic E-state index is 5.71. The summed E-state index contributed by atoms with van der Waals surface area (Å²) < 4.78 is 5.71. The van der Waals surface area contributed by atoms with Crippen LogP contribution in [0.5, 0.6) is 5.75 Å². The predicted octanol–water partition coefficient (Wildman–Crippen LogP) is 4.06. The highest BCUT2D eigenvalue weighted by Crippen LogP contribution is 2.15. The molecule has 1 aromatic rings. The van der Waals surface area contributed by atoms with E-state index in [1.54, 1.807) is 0 Å². The van der Waals surface area contributed by atoms with Gasteiger partial charge >= 0.3 is 0 Å². The van der Waals surface area contributed by atoms with Crippen LogP contribution in [0.25, 0.3) is 0 Å². The van der Waals surface area contributed by atoms with Crippen molar-refractivity contribution in [1.29, 1.82) is 0 Å². The Morgan fingerprint density at radius 2 is 1.88 bits per heavy atom. The smallest absolute Gasteiger partial charge is 0.119 e. The van der Waals surface area contributed by atoms with Gasteiger partial charge in [-0.2, -0.15) is 0 Å². The molecule has 0 spiro atoms. The molecule has 0 radical (unpaired) electrons. The van der Waals surface area contributed by atoms with E-state index < -0.39 is 0 Å². The Kier molecular flexibility index (Phi) is 6.49. The van der Waals surface area contributed by atoms with E-state index in [1.807, 2.05) is 12.1 Å². The number of rotatable bonds is 7. The molecule has 0 amide bonds. The van der Waals surface area contributed by atoms with E-state index >= 15 is 0 Å². The minimum Gasteiger partial charge on any atom is -0.494 e. The van der Waals surface area contributed by atoms with Crippen molar-refractivity contribution in [2.45, 2.75) is 33.1 Å². The Bertz CT molecular complexity index is 281. The van der Waals surface area contributed by atoms with Crippen LogP contribution in [-0.2, 0) is 0 Å². The third-order valence-corrected chi connectivity index (χ3v) is 3.21. The van der Waals surface area contributed by atoms with Crippen molar-refractivity contribution in [2.24, 2.45) is 5.92 Å². The van der Waals surface area contributed by atoms with Gasteiger partial charge in [0.05, 0.1) is 6.61 Å². The number of ether oxygens (including phenoxy) is 1. The summed E-state index contributed by atoms with van der Waals surface area (Å²) in [6.45, 7) is 5.23. The molecule has 16 heavy (non-hydrogen) atoms. The highest BCUT2D eigenvalue weighted by molar-refractivity contribution is 7.16. The molecule has 1 aromatic carbocycles. The van der Waals surface area contributed by atoms with Crippen LogP contribution in [0.2, 0.25) is 0 Å². The van der Waals surface area contributed by atoms with Gasteiger partial charge in [0.2, 0.25) is 0 Å². The Hall–Kier alpha value is -0.550. The Labute approximate surface area is 102 Å². The van der Waals surface area contributed by atoms with Crippen LogP contribution in [0.15, 0.2) is 24.3 Å². The largest absolute Gasteiger partial charge is 0.494 e. The summed E-state index contributed by atoms with van der Waals surface area (Å²) in [5.41, 5.74) is 1.28. The van der Waals surface area contributed by atoms with E-state index in [2.05, 4.69) is 35.2 Å². The summed E-state index contributed by atoms with van der Waals surface area (Å²) in [5.74, 6) is 1.76. The molecule has 0 N–H and O–H groups in total. The topological polar surface area (TPSA) is 9.23 Å².